The van der Waals surface area contributed by atoms with Crippen molar-refractivity contribution in [3.8, 4) is 0 Å². The highest BCUT2D eigenvalue weighted by molar-refractivity contribution is 5.85. The lowest BCUT2D eigenvalue weighted by atomic mass is 10.1. The van der Waals surface area contributed by atoms with E-state index in [1.807, 2.05) is 47.4 Å². The van der Waals surface area contributed by atoms with Gasteiger partial charge in [0.15, 0.2) is 0 Å². The number of carboxylic acids is 1. The molecule has 0 spiro atoms. The summed E-state index contributed by atoms with van der Waals surface area (Å²) < 4.78 is 0. The molecule has 1 saturated carbocycles. The molecule has 0 heterocycles. The molecule has 2 rings (SSSR count). The van der Waals surface area contributed by atoms with Crippen LogP contribution in [0.4, 0.5) is 0 Å². The average Bonchev–Trinajstić information content (AvgIpc) is 3.34. The number of carbonyl (C=O) groups excluding carboxylic acids is 1. The third-order valence-electron chi connectivity index (χ3n) is 3.71. The smallest absolute Gasteiger partial charge is 0.320 e. The lowest BCUT2D eigenvalue weighted by Gasteiger charge is -2.21. The molecule has 126 valence electrons. The molecular formula is C17H23ClN2O3. The fourth-order valence-corrected chi connectivity index (χ4v) is 2.25. The topological polar surface area (TPSA) is 83.6 Å². The zero-order valence-corrected chi connectivity index (χ0v) is 13.7. The number of nitrogens with two attached hydrogens (primary N) is 1. The normalized spacial score (nSPS) is 15.0. The van der Waals surface area contributed by atoms with Crippen molar-refractivity contribution in [2.75, 3.05) is 6.54 Å². The van der Waals surface area contributed by atoms with Crippen LogP contribution in [0.2, 0.25) is 0 Å². The van der Waals surface area contributed by atoms with Crippen molar-refractivity contribution >= 4 is 30.4 Å². The van der Waals surface area contributed by atoms with Gasteiger partial charge in [-0.15, -0.1) is 12.4 Å². The molecule has 0 aromatic heterocycles. The maximum Gasteiger partial charge on any atom is 0.320 e. The molecule has 23 heavy (non-hydrogen) atoms. The van der Waals surface area contributed by atoms with Crippen LogP contribution >= 0.6 is 12.4 Å². The highest BCUT2D eigenvalue weighted by Gasteiger charge is 2.31. The standard InChI is InChI=1S/C17H22N2O3.ClH/c18-15(17(21)22)10-11-16(20)19(14-8-9-14)12-4-7-13-5-2-1-3-6-13;/h1-7,14-15H,8-12,18H2,(H,21,22);1H/b7-4+;/t15-;/m0./s1. The molecule has 0 radical (unpaired) electrons. The summed E-state index contributed by atoms with van der Waals surface area (Å²) in [6.07, 6.45) is 6.38. The van der Waals surface area contributed by atoms with Gasteiger partial charge in [0.05, 0.1) is 0 Å². The summed E-state index contributed by atoms with van der Waals surface area (Å²) in [7, 11) is 0. The van der Waals surface area contributed by atoms with Crippen molar-refractivity contribution in [3.63, 3.8) is 0 Å². The van der Waals surface area contributed by atoms with Crippen LogP contribution in [0.15, 0.2) is 36.4 Å². The van der Waals surface area contributed by atoms with Crippen LogP contribution in [0.25, 0.3) is 6.08 Å². The Morgan fingerprint density at radius 3 is 2.52 bits per heavy atom. The molecule has 3 N–H and O–H groups in total. The molecule has 1 aromatic rings. The summed E-state index contributed by atoms with van der Waals surface area (Å²) in [4.78, 5) is 24.8. The van der Waals surface area contributed by atoms with Gasteiger partial charge >= 0.3 is 5.97 Å². The van der Waals surface area contributed by atoms with Gasteiger partial charge in [0.1, 0.15) is 6.04 Å². The van der Waals surface area contributed by atoms with Crippen LogP contribution in [-0.2, 0) is 9.59 Å². The first-order valence-corrected chi connectivity index (χ1v) is 7.57. The largest absolute Gasteiger partial charge is 0.480 e. The van der Waals surface area contributed by atoms with Crippen LogP contribution in [0, 0.1) is 0 Å². The van der Waals surface area contributed by atoms with Gasteiger partial charge in [-0.3, -0.25) is 9.59 Å². The van der Waals surface area contributed by atoms with Gasteiger partial charge < -0.3 is 15.7 Å². The fourth-order valence-electron chi connectivity index (χ4n) is 2.25. The van der Waals surface area contributed by atoms with Crippen LogP contribution in [0.1, 0.15) is 31.2 Å². The van der Waals surface area contributed by atoms with Gasteiger partial charge in [-0.05, 0) is 24.8 Å². The van der Waals surface area contributed by atoms with Crippen LogP contribution < -0.4 is 5.73 Å². The van der Waals surface area contributed by atoms with Gasteiger partial charge in [0, 0.05) is 19.0 Å². The predicted octanol–water partition coefficient (Wildman–Crippen LogP) is 2.30. The molecule has 1 aliphatic carbocycles. The van der Waals surface area contributed by atoms with Crippen molar-refractivity contribution < 1.29 is 14.7 Å². The van der Waals surface area contributed by atoms with Crippen LogP contribution in [0.5, 0.6) is 0 Å². The Kier molecular flexibility index (Phi) is 7.78. The van der Waals surface area contributed by atoms with E-state index < -0.39 is 12.0 Å². The molecule has 1 fully saturated rings. The molecule has 5 nitrogen and oxygen atoms in total. The first kappa shape index (κ1) is 19.2. The Balaban J connectivity index is 0.00000264. The molecular weight excluding hydrogens is 316 g/mol. The third kappa shape index (κ3) is 6.42. The van der Waals surface area contributed by atoms with Gasteiger partial charge in [0.2, 0.25) is 5.91 Å². The molecule has 6 heteroatoms. The molecule has 0 saturated heterocycles. The number of hydrogen-bond acceptors (Lipinski definition) is 3. The predicted molar refractivity (Wildman–Crippen MR) is 92.3 cm³/mol. The van der Waals surface area contributed by atoms with E-state index in [9.17, 15) is 9.59 Å². The SMILES string of the molecule is Cl.N[C@@H](CCC(=O)N(C/C=C/c1ccccc1)C1CC1)C(=O)O. The number of amides is 1. The van der Waals surface area contributed by atoms with E-state index in [1.54, 1.807) is 0 Å². The molecule has 1 aromatic carbocycles. The van der Waals surface area contributed by atoms with E-state index in [4.69, 9.17) is 10.8 Å². The molecule has 1 amide bonds. The minimum atomic E-state index is -1.06. The molecule has 0 bridgehead atoms. The number of halogens is 1. The van der Waals surface area contributed by atoms with E-state index >= 15 is 0 Å². The lowest BCUT2D eigenvalue weighted by Crippen LogP contribution is -2.36. The van der Waals surface area contributed by atoms with Crippen LogP contribution in [-0.4, -0.2) is 40.5 Å². The van der Waals surface area contributed by atoms with E-state index in [0.717, 1.165) is 18.4 Å². The van der Waals surface area contributed by atoms with Crippen LogP contribution in [0.3, 0.4) is 0 Å². The summed E-state index contributed by atoms with van der Waals surface area (Å²) in [5.74, 6) is -1.08. The van der Waals surface area contributed by atoms with Gasteiger partial charge in [-0.1, -0.05) is 42.5 Å². The molecule has 1 aliphatic rings. The second-order valence-electron chi connectivity index (χ2n) is 5.57. The number of rotatable bonds is 8. The summed E-state index contributed by atoms with van der Waals surface area (Å²) in [6, 6.07) is 9.24. The quantitative estimate of drug-likeness (QED) is 0.761. The average molecular weight is 339 g/mol. The summed E-state index contributed by atoms with van der Waals surface area (Å²) >= 11 is 0. The van der Waals surface area contributed by atoms with E-state index in [2.05, 4.69) is 0 Å². The number of aliphatic carboxylic acids is 1. The first-order chi connectivity index (χ1) is 10.6. The van der Waals surface area contributed by atoms with E-state index in [-0.39, 0.29) is 31.2 Å². The Bertz CT molecular complexity index is 544. The fraction of sp³-hybridized carbons (Fsp3) is 0.412. The number of carboxylic acid groups (broad SMARTS) is 1. The Labute approximate surface area is 142 Å². The third-order valence-corrected chi connectivity index (χ3v) is 3.71. The van der Waals surface area contributed by atoms with Crippen molar-refractivity contribution in [1.29, 1.82) is 0 Å². The van der Waals surface area contributed by atoms with Gasteiger partial charge in [-0.25, -0.2) is 0 Å². The highest BCUT2D eigenvalue weighted by Crippen LogP contribution is 2.27. The summed E-state index contributed by atoms with van der Waals surface area (Å²) in [5.41, 5.74) is 6.54. The number of carbonyl (C=O) groups is 2. The zero-order chi connectivity index (χ0) is 15.9. The monoisotopic (exact) mass is 338 g/mol. The second-order valence-corrected chi connectivity index (χ2v) is 5.57. The molecule has 0 aliphatic heterocycles. The maximum absolute atomic E-state index is 12.2. The number of hydrogen-bond donors (Lipinski definition) is 2. The van der Waals surface area contributed by atoms with Crippen molar-refractivity contribution in [3.05, 3.63) is 42.0 Å². The van der Waals surface area contributed by atoms with Crippen molar-refractivity contribution in [2.45, 2.75) is 37.8 Å². The zero-order valence-electron chi connectivity index (χ0n) is 12.9. The Morgan fingerprint density at radius 1 is 1.30 bits per heavy atom. The second kappa shape index (κ2) is 9.33. The molecule has 1 atom stereocenters. The highest BCUT2D eigenvalue weighted by atomic mass is 35.5. The van der Waals surface area contributed by atoms with E-state index in [1.165, 1.54) is 0 Å². The first-order valence-electron chi connectivity index (χ1n) is 7.57. The van der Waals surface area contributed by atoms with Gasteiger partial charge in [0.25, 0.3) is 0 Å². The Morgan fingerprint density at radius 2 is 1.96 bits per heavy atom. The summed E-state index contributed by atoms with van der Waals surface area (Å²) in [5, 5.41) is 8.76. The number of nitrogens with zero attached hydrogens (tertiary/aromatic N) is 1. The van der Waals surface area contributed by atoms with Gasteiger partial charge in [-0.2, -0.15) is 0 Å². The minimum absolute atomic E-state index is 0. The van der Waals surface area contributed by atoms with Crippen molar-refractivity contribution in [2.24, 2.45) is 5.73 Å². The Hall–Kier alpha value is -1.85. The van der Waals surface area contributed by atoms with Crippen molar-refractivity contribution in [1.82, 2.24) is 4.90 Å². The molecule has 0 unspecified atom stereocenters. The lowest BCUT2D eigenvalue weighted by molar-refractivity contribution is -0.139. The summed E-state index contributed by atoms with van der Waals surface area (Å²) in [6.45, 7) is 0.556. The number of benzene rings is 1. The minimum Gasteiger partial charge on any atom is -0.480 e. The maximum atomic E-state index is 12.2. The van der Waals surface area contributed by atoms with E-state index in [0.29, 0.717) is 12.6 Å².